The summed E-state index contributed by atoms with van der Waals surface area (Å²) in [4.78, 5) is 24.0. The Morgan fingerprint density at radius 3 is 2.33 bits per heavy atom. The maximum absolute atomic E-state index is 12.9. The van der Waals surface area contributed by atoms with E-state index in [9.17, 15) is 9.59 Å². The van der Waals surface area contributed by atoms with Crippen LogP contribution in [0.15, 0.2) is 24.3 Å². The Kier molecular flexibility index (Phi) is 5.46. The Bertz CT molecular complexity index is 783. The molecule has 3 bridgehead atoms. The van der Waals surface area contributed by atoms with E-state index in [1.165, 1.54) is 32.1 Å². The van der Waals surface area contributed by atoms with Crippen molar-refractivity contribution in [1.29, 1.82) is 0 Å². The number of amides is 1. The van der Waals surface area contributed by atoms with Crippen LogP contribution in [0.3, 0.4) is 0 Å². The molecule has 0 heterocycles. The van der Waals surface area contributed by atoms with E-state index in [1.54, 1.807) is 0 Å². The van der Waals surface area contributed by atoms with Gasteiger partial charge in [-0.25, -0.2) is 0 Å². The number of carbonyl (C=O) groups is 2. The van der Waals surface area contributed by atoms with Crippen LogP contribution in [0.25, 0.3) is 0 Å². The minimum Gasteiger partial charge on any atom is -0.490 e. The van der Waals surface area contributed by atoms with Gasteiger partial charge < -0.3 is 15.2 Å². The molecule has 4 aliphatic rings. The molecular formula is C25H33NO4. The van der Waals surface area contributed by atoms with Crippen LogP contribution < -0.4 is 10.1 Å². The number of rotatable bonds is 5. The van der Waals surface area contributed by atoms with Crippen molar-refractivity contribution in [1.82, 2.24) is 5.32 Å². The molecule has 0 saturated heterocycles. The van der Waals surface area contributed by atoms with Crippen molar-refractivity contribution in [3.05, 3.63) is 29.8 Å². The third-order valence-corrected chi connectivity index (χ3v) is 8.31. The molecule has 2 N–H and O–H groups in total. The molecule has 1 aromatic rings. The normalized spacial score (nSPS) is 37.4. The molecule has 0 aromatic heterocycles. The van der Waals surface area contributed by atoms with E-state index >= 15 is 0 Å². The number of hydrogen-bond donors (Lipinski definition) is 2. The number of aliphatic carboxylic acids is 1. The summed E-state index contributed by atoms with van der Waals surface area (Å²) in [6.07, 6.45) is 10.8. The third-order valence-electron chi connectivity index (χ3n) is 8.31. The number of fused-ring (bicyclic) bond motifs is 2. The van der Waals surface area contributed by atoms with Gasteiger partial charge in [-0.3, -0.25) is 9.59 Å². The first-order valence-electron chi connectivity index (χ1n) is 11.9. The van der Waals surface area contributed by atoms with Crippen molar-refractivity contribution in [3.8, 4) is 5.75 Å². The summed E-state index contributed by atoms with van der Waals surface area (Å²) in [7, 11) is 0. The van der Waals surface area contributed by atoms with E-state index in [0.29, 0.717) is 30.4 Å². The zero-order chi connectivity index (χ0) is 20.7. The molecule has 1 amide bonds. The Morgan fingerprint density at radius 1 is 0.867 bits per heavy atom. The van der Waals surface area contributed by atoms with Crippen molar-refractivity contribution < 1.29 is 19.4 Å². The summed E-state index contributed by atoms with van der Waals surface area (Å²) >= 11 is 0. The van der Waals surface area contributed by atoms with Gasteiger partial charge >= 0.3 is 5.97 Å². The van der Waals surface area contributed by atoms with E-state index in [0.717, 1.165) is 42.8 Å². The average molecular weight is 412 g/mol. The molecule has 0 aliphatic heterocycles. The molecule has 1 aromatic carbocycles. The number of carboxylic acid groups (broad SMARTS) is 1. The first-order chi connectivity index (χ1) is 14.5. The van der Waals surface area contributed by atoms with Crippen LogP contribution in [-0.4, -0.2) is 29.1 Å². The zero-order valence-electron chi connectivity index (χ0n) is 17.6. The highest BCUT2D eigenvalue weighted by atomic mass is 16.5. The average Bonchev–Trinajstić information content (AvgIpc) is 2.99. The number of benzene rings is 1. The van der Waals surface area contributed by atoms with Gasteiger partial charge in [-0.1, -0.05) is 0 Å². The molecule has 4 saturated carbocycles. The van der Waals surface area contributed by atoms with Crippen LogP contribution in [0.1, 0.15) is 74.6 Å². The number of carbonyl (C=O) groups excluding carboxylic acids is 1. The van der Waals surface area contributed by atoms with Crippen LogP contribution in [0.4, 0.5) is 0 Å². The second kappa shape index (κ2) is 8.24. The Balaban J connectivity index is 1.16. The first-order valence-corrected chi connectivity index (χ1v) is 11.9. The minimum absolute atomic E-state index is 0.0368. The molecule has 5 unspecified atom stereocenters. The van der Waals surface area contributed by atoms with Crippen molar-refractivity contribution in [2.75, 3.05) is 0 Å². The fraction of sp³-hybridized carbons (Fsp3) is 0.680. The smallest absolute Gasteiger partial charge is 0.306 e. The van der Waals surface area contributed by atoms with Gasteiger partial charge in [-0.05, 0) is 112 Å². The molecule has 5 heteroatoms. The maximum Gasteiger partial charge on any atom is 0.306 e. The molecule has 4 fully saturated rings. The Labute approximate surface area is 178 Å². The molecule has 0 radical (unpaired) electrons. The molecule has 5 rings (SSSR count). The van der Waals surface area contributed by atoms with E-state index in [4.69, 9.17) is 9.84 Å². The van der Waals surface area contributed by atoms with Crippen LogP contribution in [0.5, 0.6) is 5.75 Å². The van der Waals surface area contributed by atoms with Crippen LogP contribution in [0, 0.1) is 29.6 Å². The predicted octanol–water partition coefficient (Wildman–Crippen LogP) is 4.65. The van der Waals surface area contributed by atoms with Gasteiger partial charge in [0.05, 0.1) is 12.0 Å². The Hall–Kier alpha value is -2.04. The van der Waals surface area contributed by atoms with Gasteiger partial charge in [0.15, 0.2) is 0 Å². The van der Waals surface area contributed by atoms with Gasteiger partial charge in [-0.2, -0.15) is 0 Å². The number of carboxylic acids is 1. The van der Waals surface area contributed by atoms with Gasteiger partial charge in [-0.15, -0.1) is 0 Å². The lowest BCUT2D eigenvalue weighted by Crippen LogP contribution is -2.41. The van der Waals surface area contributed by atoms with E-state index < -0.39 is 5.97 Å². The lowest BCUT2D eigenvalue weighted by molar-refractivity contribution is -0.143. The van der Waals surface area contributed by atoms with Crippen molar-refractivity contribution in [2.24, 2.45) is 29.6 Å². The topological polar surface area (TPSA) is 75.6 Å². The summed E-state index contributed by atoms with van der Waals surface area (Å²) in [6, 6.07) is 7.79. The molecule has 162 valence electrons. The molecule has 4 aliphatic carbocycles. The highest BCUT2D eigenvalue weighted by Gasteiger charge is 2.46. The summed E-state index contributed by atoms with van der Waals surface area (Å²) < 4.78 is 6.03. The SMILES string of the molecule is O=C(NC1CCC2CC3CC(C2)C1C3)c1ccc(OC2CCC(C(=O)O)CC2)cc1. The van der Waals surface area contributed by atoms with Crippen molar-refractivity contribution >= 4 is 11.9 Å². The zero-order valence-corrected chi connectivity index (χ0v) is 17.6. The fourth-order valence-corrected chi connectivity index (χ4v) is 6.83. The predicted molar refractivity (Wildman–Crippen MR) is 113 cm³/mol. The first kappa shape index (κ1) is 19.9. The largest absolute Gasteiger partial charge is 0.490 e. The van der Waals surface area contributed by atoms with E-state index in [2.05, 4.69) is 5.32 Å². The quantitative estimate of drug-likeness (QED) is 0.739. The third kappa shape index (κ3) is 4.08. The minimum atomic E-state index is -0.696. The van der Waals surface area contributed by atoms with Crippen molar-refractivity contribution in [3.63, 3.8) is 0 Å². The Morgan fingerprint density at radius 2 is 1.60 bits per heavy atom. The molecule has 5 atom stereocenters. The van der Waals surface area contributed by atoms with Gasteiger partial charge in [0.25, 0.3) is 5.91 Å². The van der Waals surface area contributed by atoms with Crippen LogP contribution >= 0.6 is 0 Å². The van der Waals surface area contributed by atoms with Gasteiger partial charge in [0, 0.05) is 11.6 Å². The van der Waals surface area contributed by atoms with Gasteiger partial charge in [0.2, 0.25) is 0 Å². The standard InChI is InChI=1S/C25H33NO4/c27-24(26-23-10-1-15-11-16-13-19(12-15)22(23)14-16)17-2-6-20(7-3-17)30-21-8-4-18(5-9-21)25(28)29/h2-3,6-7,15-16,18-19,21-23H,1,4-5,8-14H2,(H,26,27)(H,28,29). The highest BCUT2D eigenvalue weighted by molar-refractivity contribution is 5.94. The lowest BCUT2D eigenvalue weighted by atomic mass is 9.80. The molecule has 30 heavy (non-hydrogen) atoms. The summed E-state index contributed by atoms with van der Waals surface area (Å²) in [5, 5.41) is 12.5. The monoisotopic (exact) mass is 411 g/mol. The van der Waals surface area contributed by atoms with Crippen LogP contribution in [-0.2, 0) is 4.79 Å². The number of ether oxygens (including phenoxy) is 1. The summed E-state index contributed by atoms with van der Waals surface area (Å²) in [5.74, 6) is 3.17. The lowest BCUT2D eigenvalue weighted by Gasteiger charge is -2.27. The van der Waals surface area contributed by atoms with Gasteiger partial charge in [0.1, 0.15) is 5.75 Å². The van der Waals surface area contributed by atoms with E-state index in [1.807, 2.05) is 24.3 Å². The second-order valence-electron chi connectivity index (χ2n) is 10.2. The molecule has 0 spiro atoms. The van der Waals surface area contributed by atoms with E-state index in [-0.39, 0.29) is 17.9 Å². The number of hydrogen-bond acceptors (Lipinski definition) is 3. The summed E-state index contributed by atoms with van der Waals surface area (Å²) in [5.41, 5.74) is 0.695. The second-order valence-corrected chi connectivity index (χ2v) is 10.2. The molecular weight excluding hydrogens is 378 g/mol. The van der Waals surface area contributed by atoms with Crippen molar-refractivity contribution in [2.45, 2.75) is 76.4 Å². The number of nitrogens with one attached hydrogen (secondary N) is 1. The maximum atomic E-state index is 12.9. The summed E-state index contributed by atoms with van der Waals surface area (Å²) in [6.45, 7) is 0. The highest BCUT2D eigenvalue weighted by Crippen LogP contribution is 2.53. The fourth-order valence-electron chi connectivity index (χ4n) is 6.83. The van der Waals surface area contributed by atoms with Crippen LogP contribution in [0.2, 0.25) is 0 Å². The molecule has 5 nitrogen and oxygen atoms in total.